The van der Waals surface area contributed by atoms with E-state index in [1.165, 1.54) is 6.07 Å². The Morgan fingerprint density at radius 1 is 1.38 bits per heavy atom. The quantitative estimate of drug-likeness (QED) is 0.847. The highest BCUT2D eigenvalue weighted by molar-refractivity contribution is 7.89. The highest BCUT2D eigenvalue weighted by Gasteiger charge is 2.53. The summed E-state index contributed by atoms with van der Waals surface area (Å²) in [5, 5.41) is 0.403. The highest BCUT2D eigenvalue weighted by atomic mass is 35.5. The van der Waals surface area contributed by atoms with Crippen molar-refractivity contribution in [1.29, 1.82) is 0 Å². The predicted octanol–water partition coefficient (Wildman–Crippen LogP) is 2.04. The average Bonchev–Trinajstić information content (AvgIpc) is 2.88. The first-order valence-electron chi connectivity index (χ1n) is 6.87. The van der Waals surface area contributed by atoms with Gasteiger partial charge in [0.15, 0.2) is 0 Å². The SMILES string of the molecule is COCc1cc(Cl)cc(S(=O)(=O)N2CCC23CCOC3)c1. The van der Waals surface area contributed by atoms with Gasteiger partial charge in [0.1, 0.15) is 0 Å². The number of rotatable bonds is 4. The molecule has 2 heterocycles. The fourth-order valence-corrected chi connectivity index (χ4v) is 5.26. The number of sulfonamides is 1. The zero-order valence-electron chi connectivity index (χ0n) is 11.8. The molecule has 0 amide bonds. The van der Waals surface area contributed by atoms with E-state index >= 15 is 0 Å². The molecule has 2 aliphatic heterocycles. The smallest absolute Gasteiger partial charge is 0.243 e. The summed E-state index contributed by atoms with van der Waals surface area (Å²) in [6, 6.07) is 4.85. The van der Waals surface area contributed by atoms with Crippen LogP contribution < -0.4 is 0 Å². The molecule has 116 valence electrons. The second kappa shape index (κ2) is 5.52. The number of hydrogen-bond donors (Lipinski definition) is 0. The van der Waals surface area contributed by atoms with Gasteiger partial charge in [-0.2, -0.15) is 4.31 Å². The van der Waals surface area contributed by atoms with Crippen molar-refractivity contribution in [1.82, 2.24) is 4.31 Å². The Bertz CT molecular complexity index is 640. The molecule has 1 aromatic carbocycles. The number of methoxy groups -OCH3 is 1. The lowest BCUT2D eigenvalue weighted by atomic mass is 9.87. The van der Waals surface area contributed by atoms with Gasteiger partial charge in [0, 0.05) is 25.3 Å². The van der Waals surface area contributed by atoms with Crippen LogP contribution in [0.15, 0.2) is 23.1 Å². The molecule has 2 saturated heterocycles. The van der Waals surface area contributed by atoms with Gasteiger partial charge in [-0.15, -0.1) is 0 Å². The molecule has 1 atom stereocenters. The van der Waals surface area contributed by atoms with Gasteiger partial charge in [-0.05, 0) is 36.6 Å². The van der Waals surface area contributed by atoms with E-state index in [1.807, 2.05) is 0 Å². The molecule has 5 nitrogen and oxygen atoms in total. The van der Waals surface area contributed by atoms with E-state index in [4.69, 9.17) is 21.1 Å². The lowest BCUT2D eigenvalue weighted by molar-refractivity contribution is 0.0525. The minimum atomic E-state index is -3.54. The molecular weight excluding hydrogens is 314 g/mol. The van der Waals surface area contributed by atoms with Gasteiger partial charge in [0.05, 0.1) is 23.6 Å². The van der Waals surface area contributed by atoms with Crippen LogP contribution in [0, 0.1) is 0 Å². The summed E-state index contributed by atoms with van der Waals surface area (Å²) in [6.45, 7) is 1.98. The molecular formula is C14H18ClNO4S. The molecule has 0 saturated carbocycles. The van der Waals surface area contributed by atoms with Crippen molar-refractivity contribution >= 4 is 21.6 Å². The normalized spacial score (nSPS) is 26.2. The van der Waals surface area contributed by atoms with Crippen LogP contribution in [-0.2, 0) is 26.1 Å². The lowest BCUT2D eigenvalue weighted by Gasteiger charge is -2.48. The third-order valence-corrected chi connectivity index (χ3v) is 6.42. The van der Waals surface area contributed by atoms with Crippen molar-refractivity contribution in [3.63, 3.8) is 0 Å². The number of nitrogens with zero attached hydrogens (tertiary/aromatic N) is 1. The first kappa shape index (κ1) is 15.2. The van der Waals surface area contributed by atoms with Crippen molar-refractivity contribution < 1.29 is 17.9 Å². The van der Waals surface area contributed by atoms with Crippen molar-refractivity contribution in [2.45, 2.75) is 29.9 Å². The second-order valence-corrected chi connectivity index (χ2v) is 7.88. The Kier molecular flexibility index (Phi) is 4.00. The fraction of sp³-hybridized carbons (Fsp3) is 0.571. The third kappa shape index (κ3) is 2.59. The Morgan fingerprint density at radius 3 is 2.76 bits per heavy atom. The molecule has 0 N–H and O–H groups in total. The van der Waals surface area contributed by atoms with Gasteiger partial charge in [0.25, 0.3) is 0 Å². The lowest BCUT2D eigenvalue weighted by Crippen LogP contribution is -2.62. The van der Waals surface area contributed by atoms with Gasteiger partial charge in [-0.25, -0.2) is 8.42 Å². The minimum absolute atomic E-state index is 0.230. The molecule has 1 spiro atoms. The molecule has 0 bridgehead atoms. The van der Waals surface area contributed by atoms with E-state index in [0.717, 1.165) is 18.4 Å². The van der Waals surface area contributed by atoms with Crippen LogP contribution in [0.25, 0.3) is 0 Å². The van der Waals surface area contributed by atoms with Crippen LogP contribution in [0.5, 0.6) is 0 Å². The van der Waals surface area contributed by atoms with Gasteiger partial charge in [-0.3, -0.25) is 0 Å². The van der Waals surface area contributed by atoms with Gasteiger partial charge < -0.3 is 9.47 Å². The summed E-state index contributed by atoms with van der Waals surface area (Å²) in [5.74, 6) is 0. The molecule has 2 fully saturated rings. The van der Waals surface area contributed by atoms with E-state index in [-0.39, 0.29) is 10.4 Å². The van der Waals surface area contributed by atoms with E-state index < -0.39 is 10.0 Å². The summed E-state index contributed by atoms with van der Waals surface area (Å²) < 4.78 is 37.7. The maximum Gasteiger partial charge on any atom is 0.243 e. The van der Waals surface area contributed by atoms with Crippen molar-refractivity contribution in [2.24, 2.45) is 0 Å². The van der Waals surface area contributed by atoms with Crippen molar-refractivity contribution in [2.75, 3.05) is 26.9 Å². The van der Waals surface area contributed by atoms with Crippen LogP contribution in [0.3, 0.4) is 0 Å². The molecule has 2 aliphatic rings. The summed E-state index contributed by atoms with van der Waals surface area (Å²) in [7, 11) is -1.98. The second-order valence-electron chi connectivity index (χ2n) is 5.58. The van der Waals surface area contributed by atoms with Crippen LogP contribution in [0.4, 0.5) is 0 Å². The summed E-state index contributed by atoms with van der Waals surface area (Å²) in [4.78, 5) is 0.230. The van der Waals surface area contributed by atoms with Gasteiger partial charge in [0.2, 0.25) is 10.0 Å². The van der Waals surface area contributed by atoms with Crippen LogP contribution in [0.2, 0.25) is 5.02 Å². The van der Waals surface area contributed by atoms with E-state index in [0.29, 0.717) is 31.4 Å². The van der Waals surface area contributed by atoms with E-state index in [9.17, 15) is 8.42 Å². The van der Waals surface area contributed by atoms with Gasteiger partial charge >= 0.3 is 0 Å². The van der Waals surface area contributed by atoms with E-state index in [2.05, 4.69) is 0 Å². The summed E-state index contributed by atoms with van der Waals surface area (Å²) in [6.07, 6.45) is 1.62. The fourth-order valence-electron chi connectivity index (χ4n) is 3.03. The topological polar surface area (TPSA) is 55.8 Å². The molecule has 1 unspecified atom stereocenters. The predicted molar refractivity (Wildman–Crippen MR) is 78.8 cm³/mol. The Hall–Kier alpha value is -0.660. The monoisotopic (exact) mass is 331 g/mol. The van der Waals surface area contributed by atoms with Crippen LogP contribution >= 0.6 is 11.6 Å². The Morgan fingerprint density at radius 2 is 2.19 bits per heavy atom. The molecule has 0 aromatic heterocycles. The first-order valence-corrected chi connectivity index (χ1v) is 8.69. The minimum Gasteiger partial charge on any atom is -0.380 e. The van der Waals surface area contributed by atoms with Crippen molar-refractivity contribution in [3.05, 3.63) is 28.8 Å². The van der Waals surface area contributed by atoms with Crippen LogP contribution in [-0.4, -0.2) is 45.1 Å². The zero-order valence-corrected chi connectivity index (χ0v) is 13.4. The zero-order chi connectivity index (χ0) is 15.1. The molecule has 1 aromatic rings. The van der Waals surface area contributed by atoms with Crippen molar-refractivity contribution in [3.8, 4) is 0 Å². The molecule has 7 heteroatoms. The number of benzene rings is 1. The Balaban J connectivity index is 1.95. The maximum atomic E-state index is 12.9. The molecule has 3 rings (SSSR count). The molecule has 21 heavy (non-hydrogen) atoms. The molecule has 0 radical (unpaired) electrons. The first-order chi connectivity index (χ1) is 9.98. The number of ether oxygens (including phenoxy) is 2. The third-order valence-electron chi connectivity index (χ3n) is 4.22. The van der Waals surface area contributed by atoms with E-state index in [1.54, 1.807) is 23.5 Å². The van der Waals surface area contributed by atoms with Gasteiger partial charge in [-0.1, -0.05) is 11.6 Å². The number of hydrogen-bond acceptors (Lipinski definition) is 4. The summed E-state index contributed by atoms with van der Waals surface area (Å²) >= 11 is 6.05. The number of halogens is 1. The standard InChI is InChI=1S/C14H18ClNO4S/c1-19-9-11-6-12(15)8-13(7-11)21(17,18)16-4-2-14(16)3-5-20-10-14/h6-8H,2-5,9-10H2,1H3. The molecule has 0 aliphatic carbocycles. The average molecular weight is 332 g/mol. The highest BCUT2D eigenvalue weighted by Crippen LogP contribution is 2.42. The largest absolute Gasteiger partial charge is 0.380 e. The summed E-state index contributed by atoms with van der Waals surface area (Å²) in [5.41, 5.74) is 0.406. The maximum absolute atomic E-state index is 12.9. The van der Waals surface area contributed by atoms with Crippen LogP contribution in [0.1, 0.15) is 18.4 Å². The Labute approximate surface area is 129 Å².